The van der Waals surface area contributed by atoms with Crippen molar-refractivity contribution in [3.8, 4) is 0 Å². The number of piperazine rings is 1. The SMILES string of the molecule is [C-]#[N+]CN1CCC(N2CCN(C(=O)CC(=O)N[C@@H]3CC[C@]4(C)C5CC[C@]6(C)[C@@H]7[C@H](C[C@H]6[C@@H]5CC[C@@H]4C3)O[C@]3(CC[C@@H](C)CO3)[C@H]7C)CC2)CC1. The van der Waals surface area contributed by atoms with Crippen LogP contribution in [0.1, 0.15) is 111 Å². The van der Waals surface area contributed by atoms with E-state index in [1.807, 2.05) is 4.90 Å². The van der Waals surface area contributed by atoms with Crippen LogP contribution in [0.3, 0.4) is 0 Å². The standard InChI is InChI=1S/C41H65N5O4/c1-27-8-15-41(49-25-27)28(2)38-35(50-41)23-34-32-7-6-29-22-30(9-13-39(29,3)33(32)10-14-40(34,38)4)43-36(47)24-37(48)46-20-18-45(19-21-46)31-11-16-44(17-12-31)26-42-5/h27-35,38H,6-26H2,1-4H3,(H,43,47)/t27-,28+,29-,30-,32-,33?,34+,35+,38+,39+,40+,41-/m1/s1. The van der Waals surface area contributed by atoms with Crippen LogP contribution in [0.15, 0.2) is 0 Å². The number of fused-ring (bicyclic) bond motifs is 7. The summed E-state index contributed by atoms with van der Waals surface area (Å²) in [6.45, 7) is 23.6. The second-order valence-corrected chi connectivity index (χ2v) is 19.0. The van der Waals surface area contributed by atoms with Gasteiger partial charge in [-0.2, -0.15) is 0 Å². The lowest BCUT2D eigenvalue weighted by atomic mass is 9.44. The zero-order valence-electron chi connectivity index (χ0n) is 31.5. The van der Waals surface area contributed by atoms with Gasteiger partial charge in [0.25, 0.3) is 6.67 Å². The van der Waals surface area contributed by atoms with Crippen molar-refractivity contribution in [1.82, 2.24) is 20.0 Å². The molecule has 4 aliphatic heterocycles. The van der Waals surface area contributed by atoms with Gasteiger partial charge < -0.3 is 19.7 Å². The summed E-state index contributed by atoms with van der Waals surface area (Å²) in [5.41, 5.74) is 0.703. The Labute approximate surface area is 301 Å². The molecular weight excluding hydrogens is 626 g/mol. The third kappa shape index (κ3) is 6.04. The molecule has 12 atom stereocenters. The average molecular weight is 692 g/mol. The van der Waals surface area contributed by atoms with Crippen LogP contribution in [0.25, 0.3) is 4.85 Å². The van der Waals surface area contributed by atoms with Gasteiger partial charge >= 0.3 is 0 Å². The molecule has 50 heavy (non-hydrogen) atoms. The predicted octanol–water partition coefficient (Wildman–Crippen LogP) is 5.79. The zero-order chi connectivity index (χ0) is 34.8. The van der Waals surface area contributed by atoms with E-state index in [2.05, 4.69) is 47.7 Å². The molecule has 0 bridgehead atoms. The summed E-state index contributed by atoms with van der Waals surface area (Å²) in [4.78, 5) is 36.6. The second kappa shape index (κ2) is 13.6. The molecule has 0 aromatic heterocycles. The van der Waals surface area contributed by atoms with Gasteiger partial charge in [-0.25, -0.2) is 11.5 Å². The predicted molar refractivity (Wildman–Crippen MR) is 192 cm³/mol. The number of hydrogen-bond donors (Lipinski definition) is 1. The lowest BCUT2D eigenvalue weighted by molar-refractivity contribution is -0.273. The Morgan fingerprint density at radius 1 is 0.860 bits per heavy atom. The van der Waals surface area contributed by atoms with Crippen LogP contribution in [-0.4, -0.2) is 103 Å². The molecular formula is C41H65N5O4. The third-order valence-corrected chi connectivity index (χ3v) is 16.6. The van der Waals surface area contributed by atoms with Gasteiger partial charge in [0, 0.05) is 63.7 Å². The molecule has 2 amide bonds. The van der Waals surface area contributed by atoms with Crippen molar-refractivity contribution in [3.05, 3.63) is 11.4 Å². The molecule has 0 aromatic carbocycles. The minimum Gasteiger partial charge on any atom is -0.353 e. The van der Waals surface area contributed by atoms with Gasteiger partial charge in [0.1, 0.15) is 6.42 Å². The largest absolute Gasteiger partial charge is 0.353 e. The molecule has 9 nitrogen and oxygen atoms in total. The number of carbonyl (C=O) groups excluding carboxylic acids is 2. The first kappa shape index (κ1) is 35.3. The van der Waals surface area contributed by atoms with Crippen molar-refractivity contribution in [2.45, 2.75) is 135 Å². The Kier molecular flexibility index (Phi) is 9.60. The first-order chi connectivity index (χ1) is 24.0. The summed E-state index contributed by atoms with van der Waals surface area (Å²) >= 11 is 0. The smallest absolute Gasteiger partial charge is 0.270 e. The van der Waals surface area contributed by atoms with Crippen LogP contribution < -0.4 is 5.32 Å². The number of piperidine rings is 1. The highest BCUT2D eigenvalue weighted by atomic mass is 16.7. The van der Waals surface area contributed by atoms with E-state index in [9.17, 15) is 9.59 Å². The highest BCUT2D eigenvalue weighted by Crippen LogP contribution is 2.71. The summed E-state index contributed by atoms with van der Waals surface area (Å²) in [5.74, 6) is 4.27. The summed E-state index contributed by atoms with van der Waals surface area (Å²) in [5, 5.41) is 3.34. The first-order valence-electron chi connectivity index (χ1n) is 20.7. The fourth-order valence-corrected chi connectivity index (χ4v) is 13.8. The number of rotatable bonds is 5. The zero-order valence-corrected chi connectivity index (χ0v) is 31.5. The van der Waals surface area contributed by atoms with E-state index in [0.717, 1.165) is 82.6 Å². The topological polar surface area (TPSA) is 78.7 Å². The van der Waals surface area contributed by atoms with E-state index >= 15 is 0 Å². The lowest BCUT2D eigenvalue weighted by Crippen LogP contribution is -2.56. The fourth-order valence-electron chi connectivity index (χ4n) is 13.8. The molecule has 4 saturated carbocycles. The molecule has 0 aromatic rings. The molecule has 8 fully saturated rings. The van der Waals surface area contributed by atoms with Crippen LogP contribution in [0, 0.1) is 58.8 Å². The van der Waals surface area contributed by atoms with Crippen LogP contribution in [-0.2, 0) is 19.1 Å². The fraction of sp³-hybridized carbons (Fsp3) is 0.927. The number of carbonyl (C=O) groups is 2. The molecule has 1 spiro atoms. The summed E-state index contributed by atoms with van der Waals surface area (Å²) in [6, 6.07) is 0.741. The van der Waals surface area contributed by atoms with Crippen molar-refractivity contribution >= 4 is 11.8 Å². The molecule has 8 aliphatic rings. The van der Waals surface area contributed by atoms with Crippen LogP contribution >= 0.6 is 0 Å². The summed E-state index contributed by atoms with van der Waals surface area (Å²) < 4.78 is 13.5. The molecule has 1 N–H and O–H groups in total. The molecule has 4 saturated heterocycles. The van der Waals surface area contributed by atoms with E-state index in [-0.39, 0.29) is 30.1 Å². The molecule has 1 unspecified atom stereocenters. The van der Waals surface area contributed by atoms with Gasteiger partial charge in [0.2, 0.25) is 11.8 Å². The van der Waals surface area contributed by atoms with Crippen molar-refractivity contribution in [2.24, 2.45) is 52.3 Å². The van der Waals surface area contributed by atoms with Gasteiger partial charge in [0.05, 0.1) is 12.7 Å². The van der Waals surface area contributed by atoms with Crippen molar-refractivity contribution in [1.29, 1.82) is 0 Å². The Bertz CT molecular complexity index is 1310. The molecule has 9 heteroatoms. The van der Waals surface area contributed by atoms with E-state index in [1.54, 1.807) is 0 Å². The van der Waals surface area contributed by atoms with Gasteiger partial charge in [-0.3, -0.25) is 19.3 Å². The number of amides is 2. The monoisotopic (exact) mass is 692 g/mol. The maximum atomic E-state index is 13.2. The van der Waals surface area contributed by atoms with E-state index in [4.69, 9.17) is 16.0 Å². The third-order valence-electron chi connectivity index (χ3n) is 16.6. The number of likely N-dealkylation sites (tertiary alicyclic amines) is 1. The quantitative estimate of drug-likeness (QED) is 0.291. The van der Waals surface area contributed by atoms with Crippen molar-refractivity contribution in [2.75, 3.05) is 52.5 Å². The van der Waals surface area contributed by atoms with Gasteiger partial charge in [-0.15, -0.1) is 0 Å². The number of nitrogens with one attached hydrogen (secondary N) is 1. The second-order valence-electron chi connectivity index (χ2n) is 19.0. The summed E-state index contributed by atoms with van der Waals surface area (Å²) in [6.07, 6.45) is 14.6. The molecule has 0 radical (unpaired) electrons. The molecule has 4 aliphatic carbocycles. The lowest BCUT2D eigenvalue weighted by Gasteiger charge is -2.61. The van der Waals surface area contributed by atoms with Gasteiger partial charge in [-0.05, 0) is 117 Å². The molecule has 4 heterocycles. The Hall–Kier alpha value is -1.73. The highest BCUT2D eigenvalue weighted by Gasteiger charge is 2.69. The minimum absolute atomic E-state index is 0.0180. The van der Waals surface area contributed by atoms with Crippen LogP contribution in [0.4, 0.5) is 0 Å². The van der Waals surface area contributed by atoms with Gasteiger partial charge in [0.15, 0.2) is 5.79 Å². The Balaban J connectivity index is 0.813. The average Bonchev–Trinajstić information content (AvgIpc) is 3.56. The minimum atomic E-state index is -0.336. The summed E-state index contributed by atoms with van der Waals surface area (Å²) in [7, 11) is 0. The maximum Gasteiger partial charge on any atom is 0.270 e. The highest BCUT2D eigenvalue weighted by molar-refractivity contribution is 5.97. The number of nitrogens with zero attached hydrogens (tertiary/aromatic N) is 4. The molecule has 278 valence electrons. The van der Waals surface area contributed by atoms with Crippen LogP contribution in [0.5, 0.6) is 0 Å². The van der Waals surface area contributed by atoms with Gasteiger partial charge in [-0.1, -0.05) is 27.7 Å². The van der Waals surface area contributed by atoms with Crippen molar-refractivity contribution < 1.29 is 19.1 Å². The number of ether oxygens (including phenoxy) is 2. The first-order valence-corrected chi connectivity index (χ1v) is 20.7. The normalized spacial score (nSPS) is 46.8. The maximum absolute atomic E-state index is 13.2. The Morgan fingerprint density at radius 2 is 1.62 bits per heavy atom. The van der Waals surface area contributed by atoms with E-state index < -0.39 is 0 Å². The van der Waals surface area contributed by atoms with Crippen LogP contribution in [0.2, 0.25) is 0 Å². The van der Waals surface area contributed by atoms with E-state index in [0.29, 0.717) is 66.4 Å². The van der Waals surface area contributed by atoms with E-state index in [1.165, 1.54) is 44.9 Å². The molecule has 8 rings (SSSR count). The van der Waals surface area contributed by atoms with Crippen molar-refractivity contribution in [3.63, 3.8) is 0 Å². The number of hydrogen-bond acceptors (Lipinski definition) is 6. The Morgan fingerprint density at radius 3 is 2.34 bits per heavy atom.